The monoisotopic (exact) mass is 443 g/mol. The second kappa shape index (κ2) is 9.88. The van der Waals surface area contributed by atoms with E-state index in [-0.39, 0.29) is 23.4 Å². The first-order valence-electron chi connectivity index (χ1n) is 10.7. The molecule has 5 nitrogen and oxygen atoms in total. The lowest BCUT2D eigenvalue weighted by molar-refractivity contribution is -0.119. The zero-order valence-electron chi connectivity index (χ0n) is 18.0. The van der Waals surface area contributed by atoms with Crippen LogP contribution in [0.4, 0.5) is 0 Å². The minimum Gasteiger partial charge on any atom is -0.352 e. The third-order valence-electron chi connectivity index (χ3n) is 5.75. The van der Waals surface area contributed by atoms with Crippen LogP contribution in [0.1, 0.15) is 41.9 Å². The zero-order chi connectivity index (χ0) is 22.5. The number of hydrogen-bond donors (Lipinski definition) is 2. The molecule has 2 aromatic carbocycles. The van der Waals surface area contributed by atoms with Crippen LogP contribution in [0.3, 0.4) is 0 Å². The second-order valence-electron chi connectivity index (χ2n) is 8.04. The second-order valence-corrected chi connectivity index (χ2v) is 9.03. The Morgan fingerprint density at radius 2 is 1.91 bits per heavy atom. The highest BCUT2D eigenvalue weighted by atomic mass is 32.2. The molecular formula is C26H25N3O2S. The van der Waals surface area contributed by atoms with Crippen LogP contribution in [-0.4, -0.2) is 17.4 Å². The first-order chi connectivity index (χ1) is 15.6. The Morgan fingerprint density at radius 3 is 2.62 bits per heavy atom. The molecule has 1 atom stereocenters. The van der Waals surface area contributed by atoms with Gasteiger partial charge in [-0.15, -0.1) is 0 Å². The number of rotatable bonds is 6. The van der Waals surface area contributed by atoms with Crippen molar-refractivity contribution < 1.29 is 9.59 Å². The fraction of sp³-hybridized carbons (Fsp3) is 0.269. The molecule has 2 N–H and O–H groups in total. The first kappa shape index (κ1) is 21.9. The van der Waals surface area contributed by atoms with Gasteiger partial charge in [0.1, 0.15) is 0 Å². The highest BCUT2D eigenvalue weighted by molar-refractivity contribution is 8.03. The van der Waals surface area contributed by atoms with Crippen LogP contribution < -0.4 is 10.6 Å². The van der Waals surface area contributed by atoms with Gasteiger partial charge in [0.25, 0.3) is 0 Å². The first-order valence-corrected chi connectivity index (χ1v) is 11.7. The van der Waals surface area contributed by atoms with Crippen LogP contribution >= 0.6 is 11.8 Å². The maximum atomic E-state index is 12.8. The van der Waals surface area contributed by atoms with E-state index in [0.29, 0.717) is 29.1 Å². The summed E-state index contributed by atoms with van der Waals surface area (Å²) in [7, 11) is 0. The summed E-state index contributed by atoms with van der Waals surface area (Å²) < 4.78 is 0. The highest BCUT2D eigenvalue weighted by Crippen LogP contribution is 2.43. The molecule has 2 aliphatic rings. The van der Waals surface area contributed by atoms with Crippen molar-refractivity contribution in [2.75, 3.05) is 5.75 Å². The molecule has 0 unspecified atom stereocenters. The minimum atomic E-state index is -0.389. The van der Waals surface area contributed by atoms with E-state index >= 15 is 0 Å². The van der Waals surface area contributed by atoms with Gasteiger partial charge >= 0.3 is 0 Å². The van der Waals surface area contributed by atoms with Gasteiger partial charge in [-0.1, -0.05) is 71.9 Å². The average molecular weight is 444 g/mol. The summed E-state index contributed by atoms with van der Waals surface area (Å²) in [6.45, 7) is 2.48. The number of benzene rings is 2. The largest absolute Gasteiger partial charge is 0.352 e. The lowest BCUT2D eigenvalue weighted by Gasteiger charge is -2.33. The SMILES string of the molecule is Cc1ccc([C@H]2C(C#N)=C(SCC(=O)NCc3ccccc3)NC3=C2C(=O)CCC3)cc1. The van der Waals surface area contributed by atoms with Crippen molar-refractivity contribution in [3.63, 3.8) is 0 Å². The number of aryl methyl sites for hydroxylation is 1. The van der Waals surface area contributed by atoms with E-state index in [1.807, 2.05) is 61.5 Å². The lowest BCUT2D eigenvalue weighted by atomic mass is 9.77. The molecule has 1 aliphatic heterocycles. The molecule has 0 radical (unpaired) electrons. The zero-order valence-corrected chi connectivity index (χ0v) is 18.8. The van der Waals surface area contributed by atoms with Crippen LogP contribution in [0.15, 0.2) is 76.5 Å². The Hall–Kier alpha value is -3.30. The fourth-order valence-corrected chi connectivity index (χ4v) is 5.01. The number of dihydropyridines is 1. The van der Waals surface area contributed by atoms with Gasteiger partial charge in [0.2, 0.25) is 5.91 Å². The number of carbonyl (C=O) groups excluding carboxylic acids is 2. The van der Waals surface area contributed by atoms with E-state index in [0.717, 1.165) is 35.2 Å². The van der Waals surface area contributed by atoms with Gasteiger partial charge in [0.05, 0.1) is 28.3 Å². The van der Waals surface area contributed by atoms with Gasteiger partial charge < -0.3 is 10.6 Å². The van der Waals surface area contributed by atoms with Crippen molar-refractivity contribution in [2.45, 2.75) is 38.6 Å². The van der Waals surface area contributed by atoms with Gasteiger partial charge in [-0.05, 0) is 30.9 Å². The van der Waals surface area contributed by atoms with E-state index in [9.17, 15) is 14.9 Å². The number of hydrogen-bond acceptors (Lipinski definition) is 5. The number of nitrogens with one attached hydrogen (secondary N) is 2. The van der Waals surface area contributed by atoms with Crippen LogP contribution in [-0.2, 0) is 16.1 Å². The summed E-state index contributed by atoms with van der Waals surface area (Å²) in [6.07, 6.45) is 2.07. The molecule has 2 aromatic rings. The van der Waals surface area contributed by atoms with Gasteiger partial charge in [-0.2, -0.15) is 5.26 Å². The Labute approximate surface area is 192 Å². The molecular weight excluding hydrogens is 418 g/mol. The normalized spacial score (nSPS) is 18.0. The van der Waals surface area contributed by atoms with Crippen LogP contribution in [0.25, 0.3) is 0 Å². The maximum absolute atomic E-state index is 12.8. The van der Waals surface area contributed by atoms with Crippen molar-refractivity contribution in [3.05, 3.63) is 93.2 Å². The molecule has 0 saturated carbocycles. The van der Waals surface area contributed by atoms with E-state index < -0.39 is 0 Å². The predicted octanol–water partition coefficient (Wildman–Crippen LogP) is 4.47. The van der Waals surface area contributed by atoms with Crippen molar-refractivity contribution >= 4 is 23.5 Å². The molecule has 162 valence electrons. The van der Waals surface area contributed by atoms with E-state index in [1.165, 1.54) is 11.8 Å². The summed E-state index contributed by atoms with van der Waals surface area (Å²) in [5, 5.41) is 17.0. The highest BCUT2D eigenvalue weighted by Gasteiger charge is 2.37. The van der Waals surface area contributed by atoms with Gasteiger partial charge in [-0.25, -0.2) is 0 Å². The number of carbonyl (C=O) groups is 2. The van der Waals surface area contributed by atoms with Crippen LogP contribution in [0.2, 0.25) is 0 Å². The fourth-order valence-electron chi connectivity index (χ4n) is 4.11. The van der Waals surface area contributed by atoms with Crippen LogP contribution in [0, 0.1) is 18.3 Å². The summed E-state index contributed by atoms with van der Waals surface area (Å²) in [4.78, 5) is 25.3. The number of nitrogens with zero attached hydrogens (tertiary/aromatic N) is 1. The van der Waals surface area contributed by atoms with Crippen molar-refractivity contribution in [1.29, 1.82) is 5.26 Å². The molecule has 0 spiro atoms. The third-order valence-corrected chi connectivity index (χ3v) is 6.77. The molecule has 1 heterocycles. The summed E-state index contributed by atoms with van der Waals surface area (Å²) in [5.41, 5.74) is 5.19. The molecule has 6 heteroatoms. The predicted molar refractivity (Wildman–Crippen MR) is 126 cm³/mol. The van der Waals surface area contributed by atoms with Crippen LogP contribution in [0.5, 0.6) is 0 Å². The number of ketones is 1. The number of Topliss-reactive ketones (excluding diaryl/α,β-unsaturated/α-hetero) is 1. The summed E-state index contributed by atoms with van der Waals surface area (Å²) >= 11 is 1.32. The molecule has 0 saturated heterocycles. The number of thioether (sulfide) groups is 1. The van der Waals surface area contributed by atoms with E-state index in [4.69, 9.17) is 0 Å². The number of allylic oxidation sites excluding steroid dienone is 3. The Balaban J connectivity index is 1.56. The van der Waals surface area contributed by atoms with Crippen molar-refractivity contribution in [1.82, 2.24) is 10.6 Å². The summed E-state index contributed by atoms with van der Waals surface area (Å²) in [6, 6.07) is 20.1. The van der Waals surface area contributed by atoms with Gasteiger partial charge in [0, 0.05) is 24.2 Å². The molecule has 4 rings (SSSR count). The average Bonchev–Trinajstić information content (AvgIpc) is 2.82. The Morgan fingerprint density at radius 1 is 1.16 bits per heavy atom. The van der Waals surface area contributed by atoms with Gasteiger partial charge in [-0.3, -0.25) is 9.59 Å². The molecule has 0 fully saturated rings. The standard InChI is InChI=1S/C26H25N3O2S/c1-17-10-12-19(13-11-17)24-20(14-27)26(29-21-8-5-9-22(30)25(21)24)32-16-23(31)28-15-18-6-3-2-4-7-18/h2-4,6-7,10-13,24,29H,5,8-9,15-16H2,1H3,(H,28,31)/t24-/m0/s1. The smallest absolute Gasteiger partial charge is 0.230 e. The number of amides is 1. The number of nitriles is 1. The Kier molecular flexibility index (Phi) is 6.77. The quantitative estimate of drug-likeness (QED) is 0.688. The molecule has 0 aromatic heterocycles. The van der Waals surface area contributed by atoms with Crippen molar-refractivity contribution in [3.8, 4) is 6.07 Å². The van der Waals surface area contributed by atoms with E-state index in [2.05, 4.69) is 16.7 Å². The molecule has 1 aliphatic carbocycles. The van der Waals surface area contributed by atoms with Gasteiger partial charge in [0.15, 0.2) is 5.78 Å². The molecule has 1 amide bonds. The topological polar surface area (TPSA) is 82.0 Å². The van der Waals surface area contributed by atoms with E-state index in [1.54, 1.807) is 0 Å². The van der Waals surface area contributed by atoms with Crippen molar-refractivity contribution in [2.24, 2.45) is 0 Å². The lowest BCUT2D eigenvalue weighted by Crippen LogP contribution is -2.32. The minimum absolute atomic E-state index is 0.0988. The molecule has 32 heavy (non-hydrogen) atoms. The third kappa shape index (κ3) is 4.79. The maximum Gasteiger partial charge on any atom is 0.230 e. The Bertz CT molecular complexity index is 1130. The summed E-state index contributed by atoms with van der Waals surface area (Å²) in [5.74, 6) is -0.199. The molecule has 0 bridgehead atoms.